The summed E-state index contributed by atoms with van der Waals surface area (Å²) in [5.74, 6) is -0.194. The lowest BCUT2D eigenvalue weighted by Gasteiger charge is -2.47. The quantitative estimate of drug-likeness (QED) is 0.803. The van der Waals surface area contributed by atoms with Crippen LogP contribution in [0.25, 0.3) is 0 Å². The van der Waals surface area contributed by atoms with E-state index in [1.165, 1.54) is 12.8 Å². The van der Waals surface area contributed by atoms with Crippen LogP contribution < -0.4 is 10.9 Å². The lowest BCUT2D eigenvalue weighted by molar-refractivity contribution is -0.122. The summed E-state index contributed by atoms with van der Waals surface area (Å²) in [6.45, 7) is 5.57. The van der Waals surface area contributed by atoms with E-state index >= 15 is 0 Å². The minimum absolute atomic E-state index is 0.194. The van der Waals surface area contributed by atoms with Crippen molar-refractivity contribution in [2.75, 3.05) is 19.7 Å². The minimum Gasteiger partial charge on any atom is -0.371 e. The minimum atomic E-state index is -0.288. The molecule has 5 rings (SSSR count). The zero-order valence-electron chi connectivity index (χ0n) is 18.1. The molecule has 2 aromatic rings. The lowest BCUT2D eigenvalue weighted by Crippen LogP contribution is -2.60. The average Bonchev–Trinajstić information content (AvgIpc) is 3.10. The van der Waals surface area contributed by atoms with Gasteiger partial charge in [0, 0.05) is 31.0 Å². The molecule has 3 saturated heterocycles. The predicted octanol–water partition coefficient (Wildman–Crippen LogP) is 1.43. The fourth-order valence-electron chi connectivity index (χ4n) is 5.35. The molecule has 3 fully saturated rings. The van der Waals surface area contributed by atoms with Gasteiger partial charge in [-0.1, -0.05) is 0 Å². The van der Waals surface area contributed by atoms with E-state index in [2.05, 4.69) is 15.3 Å². The highest BCUT2D eigenvalue weighted by atomic mass is 16.5. The molecule has 3 aliphatic heterocycles. The van der Waals surface area contributed by atoms with Gasteiger partial charge in [0.1, 0.15) is 5.56 Å². The third kappa shape index (κ3) is 3.90. The van der Waals surface area contributed by atoms with E-state index in [9.17, 15) is 9.59 Å². The molecule has 5 heterocycles. The third-order valence-corrected chi connectivity index (χ3v) is 6.86. The Morgan fingerprint density at radius 1 is 1.23 bits per heavy atom. The number of aromatic nitrogens is 3. The van der Waals surface area contributed by atoms with E-state index in [-0.39, 0.29) is 29.2 Å². The van der Waals surface area contributed by atoms with Crippen molar-refractivity contribution >= 4 is 5.91 Å². The highest BCUT2D eigenvalue weighted by molar-refractivity contribution is 5.95. The summed E-state index contributed by atoms with van der Waals surface area (Å²) in [4.78, 5) is 37.2. The molecule has 0 aliphatic carbocycles. The van der Waals surface area contributed by atoms with E-state index in [4.69, 9.17) is 4.74 Å². The molecular weight excluding hydrogens is 394 g/mol. The molecule has 1 unspecified atom stereocenters. The van der Waals surface area contributed by atoms with E-state index in [1.54, 1.807) is 23.2 Å². The Kier molecular flexibility index (Phi) is 5.14. The van der Waals surface area contributed by atoms with E-state index in [0.717, 1.165) is 18.5 Å². The fraction of sp³-hybridized carbons (Fsp3) is 0.565. The van der Waals surface area contributed by atoms with Crippen LogP contribution in [-0.4, -0.2) is 62.7 Å². The number of fused-ring (bicyclic) bond motifs is 2. The van der Waals surface area contributed by atoms with Crippen molar-refractivity contribution < 1.29 is 9.53 Å². The van der Waals surface area contributed by atoms with Crippen molar-refractivity contribution in [2.45, 2.75) is 63.8 Å². The average molecular weight is 424 g/mol. The van der Waals surface area contributed by atoms with Gasteiger partial charge in [-0.15, -0.1) is 0 Å². The largest absolute Gasteiger partial charge is 0.371 e. The first-order chi connectivity index (χ1) is 14.9. The number of aryl methyl sites for hydroxylation is 2. The van der Waals surface area contributed by atoms with E-state index < -0.39 is 0 Å². The first-order valence-corrected chi connectivity index (χ1v) is 11.1. The molecule has 1 spiro atoms. The first-order valence-electron chi connectivity index (χ1n) is 11.1. The van der Waals surface area contributed by atoms with Crippen LogP contribution in [0.15, 0.2) is 29.5 Å². The number of hydrogen-bond acceptors (Lipinski definition) is 6. The zero-order chi connectivity index (χ0) is 21.6. The van der Waals surface area contributed by atoms with Gasteiger partial charge in [0.15, 0.2) is 0 Å². The molecule has 31 heavy (non-hydrogen) atoms. The Hall–Kier alpha value is -2.58. The number of rotatable bonds is 3. The maximum atomic E-state index is 13.5. The number of nitrogens with one attached hydrogen (secondary N) is 1. The van der Waals surface area contributed by atoms with Gasteiger partial charge in [-0.3, -0.25) is 19.6 Å². The van der Waals surface area contributed by atoms with Gasteiger partial charge >= 0.3 is 0 Å². The molecule has 3 aliphatic rings. The number of nitrogens with zero attached hydrogens (tertiary/aromatic N) is 4. The third-order valence-electron chi connectivity index (χ3n) is 6.86. The van der Waals surface area contributed by atoms with Gasteiger partial charge in [0.2, 0.25) is 0 Å². The molecule has 0 saturated carbocycles. The Balaban J connectivity index is 1.39. The van der Waals surface area contributed by atoms with Gasteiger partial charge in [-0.05, 0) is 51.2 Å². The van der Waals surface area contributed by atoms with E-state index in [1.807, 2.05) is 24.8 Å². The number of piperidine rings is 1. The highest BCUT2D eigenvalue weighted by Gasteiger charge is 2.47. The number of amides is 1. The topological polar surface area (TPSA) is 89.4 Å². The molecule has 8 nitrogen and oxygen atoms in total. The van der Waals surface area contributed by atoms with E-state index in [0.29, 0.717) is 43.0 Å². The molecule has 164 valence electrons. The summed E-state index contributed by atoms with van der Waals surface area (Å²) >= 11 is 0. The van der Waals surface area contributed by atoms with Crippen molar-refractivity contribution in [2.24, 2.45) is 0 Å². The molecule has 3 atom stereocenters. The van der Waals surface area contributed by atoms with Crippen molar-refractivity contribution in [3.05, 3.63) is 57.5 Å². The van der Waals surface area contributed by atoms with Crippen LogP contribution in [0, 0.1) is 13.8 Å². The second kappa shape index (κ2) is 7.84. The van der Waals surface area contributed by atoms with Crippen LogP contribution in [0.3, 0.4) is 0 Å². The molecule has 1 N–H and O–H groups in total. The second-order valence-corrected chi connectivity index (χ2v) is 9.26. The predicted molar refractivity (Wildman–Crippen MR) is 115 cm³/mol. The van der Waals surface area contributed by atoms with Crippen molar-refractivity contribution in [3.8, 4) is 0 Å². The molecule has 2 aromatic heterocycles. The molecular formula is C23H29N5O3. The van der Waals surface area contributed by atoms with Crippen LogP contribution in [0.2, 0.25) is 0 Å². The van der Waals surface area contributed by atoms with Crippen LogP contribution in [-0.2, 0) is 11.3 Å². The molecule has 8 heteroatoms. The zero-order valence-corrected chi connectivity index (χ0v) is 18.1. The monoisotopic (exact) mass is 423 g/mol. The fourth-order valence-corrected chi connectivity index (χ4v) is 5.35. The van der Waals surface area contributed by atoms with Crippen molar-refractivity contribution in [1.82, 2.24) is 24.8 Å². The summed E-state index contributed by atoms with van der Waals surface area (Å²) in [6, 6.07) is 2.78. The van der Waals surface area contributed by atoms with Gasteiger partial charge < -0.3 is 19.5 Å². The number of ether oxygens (including phenoxy) is 1. The lowest BCUT2D eigenvalue weighted by atomic mass is 9.85. The Labute approximate surface area is 181 Å². The van der Waals surface area contributed by atoms with Gasteiger partial charge in [-0.25, -0.2) is 0 Å². The summed E-state index contributed by atoms with van der Waals surface area (Å²) in [7, 11) is 0. The summed E-state index contributed by atoms with van der Waals surface area (Å²) in [5, 5.41) is 3.64. The standard InChI is InChI=1S/C23H29N5O3/c1-15-5-6-27(13-19-12-24-16(2)11-25-19)21(29)20(15)22(30)28-7-8-31-23(14-28)9-17-3-4-18(10-23)26-17/h5-6,11-12,17-18,26H,3-4,7-10,13-14H2,1-2H3/t17-,18+,23?. The number of hydrogen-bond donors (Lipinski definition) is 1. The Bertz CT molecular complexity index is 1040. The Morgan fingerprint density at radius 2 is 2.00 bits per heavy atom. The summed E-state index contributed by atoms with van der Waals surface area (Å²) in [6.07, 6.45) is 9.28. The maximum absolute atomic E-state index is 13.5. The van der Waals surface area contributed by atoms with Crippen LogP contribution >= 0.6 is 0 Å². The maximum Gasteiger partial charge on any atom is 0.264 e. The number of pyridine rings is 1. The van der Waals surface area contributed by atoms with Crippen molar-refractivity contribution in [3.63, 3.8) is 0 Å². The normalized spacial score (nSPS) is 27.6. The molecule has 2 bridgehead atoms. The van der Waals surface area contributed by atoms with Crippen LogP contribution in [0.1, 0.15) is 53.0 Å². The number of morpholine rings is 1. The summed E-state index contributed by atoms with van der Waals surface area (Å²) in [5.41, 5.74) is 1.89. The molecule has 0 radical (unpaired) electrons. The first kappa shape index (κ1) is 20.3. The Morgan fingerprint density at radius 3 is 2.71 bits per heavy atom. The number of carbonyl (C=O) groups excluding carboxylic acids is 1. The molecule has 0 aromatic carbocycles. The molecule has 1 amide bonds. The van der Waals surface area contributed by atoms with Gasteiger partial charge in [0.05, 0.1) is 42.9 Å². The second-order valence-electron chi connectivity index (χ2n) is 9.26. The number of carbonyl (C=O) groups is 1. The van der Waals surface area contributed by atoms with Crippen LogP contribution in [0.5, 0.6) is 0 Å². The smallest absolute Gasteiger partial charge is 0.264 e. The van der Waals surface area contributed by atoms with Crippen LogP contribution in [0.4, 0.5) is 0 Å². The highest BCUT2D eigenvalue weighted by Crippen LogP contribution is 2.38. The summed E-state index contributed by atoms with van der Waals surface area (Å²) < 4.78 is 7.79. The van der Waals surface area contributed by atoms with Crippen molar-refractivity contribution in [1.29, 1.82) is 0 Å². The van der Waals surface area contributed by atoms with Gasteiger partial charge in [0.25, 0.3) is 11.5 Å². The van der Waals surface area contributed by atoms with Gasteiger partial charge in [-0.2, -0.15) is 0 Å². The SMILES string of the molecule is Cc1cnc(Cn2ccc(C)c(C(=O)N3CCOC4(C[C@H]5CC[C@@H](C4)N5)C3)c2=O)cn1.